The lowest BCUT2D eigenvalue weighted by Crippen LogP contribution is -2.45. The molecule has 1 aromatic rings. The van der Waals surface area contributed by atoms with Crippen LogP contribution in [0.1, 0.15) is 45.1 Å². The number of benzene rings is 1. The van der Waals surface area contributed by atoms with Crippen LogP contribution in [0.5, 0.6) is 5.75 Å². The van der Waals surface area contributed by atoms with Gasteiger partial charge in [0.2, 0.25) is 0 Å². The third-order valence-corrected chi connectivity index (χ3v) is 5.49. The van der Waals surface area contributed by atoms with E-state index in [1.54, 1.807) is 31.2 Å². The van der Waals surface area contributed by atoms with Crippen molar-refractivity contribution in [3.8, 4) is 11.8 Å². The van der Waals surface area contributed by atoms with E-state index in [0.717, 1.165) is 11.8 Å². The summed E-state index contributed by atoms with van der Waals surface area (Å²) < 4.78 is 5.69. The standard InChI is InChI=1S/C19H24N2O2/c1-12(17-10-14-7-8-15(17)9-14)21-19(22)13(2)23-18-6-4-3-5-16(18)11-20/h3-6,12-15,17H,7-10H2,1-2H3,(H,21,22). The Hall–Kier alpha value is -2.02. The van der Waals surface area contributed by atoms with Crippen LogP contribution >= 0.6 is 0 Å². The number of nitrogens with one attached hydrogen (secondary N) is 1. The number of carbonyl (C=O) groups excluding carboxylic acids is 1. The summed E-state index contributed by atoms with van der Waals surface area (Å²) >= 11 is 0. The number of amides is 1. The highest BCUT2D eigenvalue weighted by Crippen LogP contribution is 2.49. The first-order valence-corrected chi connectivity index (χ1v) is 8.54. The van der Waals surface area contributed by atoms with Gasteiger partial charge in [0.05, 0.1) is 5.56 Å². The van der Waals surface area contributed by atoms with Crippen molar-refractivity contribution < 1.29 is 9.53 Å². The Kier molecular flexibility index (Phi) is 4.56. The number of ether oxygens (including phenoxy) is 1. The molecule has 2 fully saturated rings. The van der Waals surface area contributed by atoms with E-state index in [2.05, 4.69) is 18.3 Å². The van der Waals surface area contributed by atoms with Gasteiger partial charge in [-0.3, -0.25) is 4.79 Å². The summed E-state index contributed by atoms with van der Waals surface area (Å²) in [7, 11) is 0. The summed E-state index contributed by atoms with van der Waals surface area (Å²) in [6.45, 7) is 3.84. The molecule has 23 heavy (non-hydrogen) atoms. The number of hydrogen-bond acceptors (Lipinski definition) is 3. The number of hydrogen-bond donors (Lipinski definition) is 1. The smallest absolute Gasteiger partial charge is 0.260 e. The van der Waals surface area contributed by atoms with Crippen molar-refractivity contribution in [3.05, 3.63) is 29.8 Å². The maximum absolute atomic E-state index is 12.4. The van der Waals surface area contributed by atoms with Crippen molar-refractivity contribution in [3.63, 3.8) is 0 Å². The van der Waals surface area contributed by atoms with E-state index in [-0.39, 0.29) is 11.9 Å². The zero-order valence-corrected chi connectivity index (χ0v) is 13.8. The first kappa shape index (κ1) is 15.9. The first-order chi connectivity index (χ1) is 11.1. The first-order valence-electron chi connectivity index (χ1n) is 8.54. The van der Waals surface area contributed by atoms with Gasteiger partial charge in [-0.1, -0.05) is 18.6 Å². The van der Waals surface area contributed by atoms with E-state index in [4.69, 9.17) is 10.00 Å². The molecule has 5 atom stereocenters. The largest absolute Gasteiger partial charge is 0.480 e. The second-order valence-corrected chi connectivity index (χ2v) is 7.00. The zero-order valence-electron chi connectivity index (χ0n) is 13.8. The molecule has 1 amide bonds. The SMILES string of the molecule is CC(Oc1ccccc1C#N)C(=O)NC(C)C1CC2CCC1C2. The van der Waals surface area contributed by atoms with Crippen LogP contribution in [-0.4, -0.2) is 18.1 Å². The quantitative estimate of drug-likeness (QED) is 0.907. The van der Waals surface area contributed by atoms with Crippen molar-refractivity contribution in [2.24, 2.45) is 17.8 Å². The lowest BCUT2D eigenvalue weighted by molar-refractivity contribution is -0.128. The topological polar surface area (TPSA) is 62.1 Å². The van der Waals surface area contributed by atoms with Gasteiger partial charge in [0.15, 0.2) is 6.10 Å². The summed E-state index contributed by atoms with van der Waals surface area (Å²) in [6, 6.07) is 9.28. The van der Waals surface area contributed by atoms with E-state index >= 15 is 0 Å². The van der Waals surface area contributed by atoms with Gasteiger partial charge in [0.25, 0.3) is 5.91 Å². The molecule has 0 radical (unpaired) electrons. The lowest BCUT2D eigenvalue weighted by atomic mass is 9.84. The van der Waals surface area contributed by atoms with E-state index in [9.17, 15) is 4.79 Å². The van der Waals surface area contributed by atoms with Gasteiger partial charge in [-0.15, -0.1) is 0 Å². The number of fused-ring (bicyclic) bond motifs is 2. The highest BCUT2D eigenvalue weighted by molar-refractivity contribution is 5.81. The normalized spacial score (nSPS) is 28.0. The minimum absolute atomic E-state index is 0.104. The van der Waals surface area contributed by atoms with Crippen molar-refractivity contribution in [2.75, 3.05) is 0 Å². The second kappa shape index (κ2) is 6.62. The molecule has 2 aliphatic carbocycles. The van der Waals surface area contributed by atoms with E-state index < -0.39 is 6.10 Å². The molecule has 1 aromatic carbocycles. The Morgan fingerprint density at radius 2 is 2.09 bits per heavy atom. The van der Waals surface area contributed by atoms with Crippen molar-refractivity contribution in [1.82, 2.24) is 5.32 Å². The Morgan fingerprint density at radius 1 is 1.30 bits per heavy atom. The van der Waals surface area contributed by atoms with Crippen molar-refractivity contribution in [1.29, 1.82) is 5.26 Å². The molecule has 2 aliphatic rings. The molecule has 3 rings (SSSR count). The molecule has 4 nitrogen and oxygen atoms in total. The minimum Gasteiger partial charge on any atom is -0.480 e. The molecule has 0 spiro atoms. The van der Waals surface area contributed by atoms with Crippen LogP contribution in [-0.2, 0) is 4.79 Å². The molecule has 5 unspecified atom stereocenters. The molecular formula is C19H24N2O2. The van der Waals surface area contributed by atoms with E-state index in [1.807, 2.05) is 0 Å². The Balaban J connectivity index is 1.56. The number of para-hydroxylation sites is 1. The predicted octanol–water partition coefficient (Wildman–Crippen LogP) is 3.27. The molecule has 0 aliphatic heterocycles. The fourth-order valence-electron chi connectivity index (χ4n) is 4.26. The Morgan fingerprint density at radius 3 is 2.74 bits per heavy atom. The fourth-order valence-corrected chi connectivity index (χ4v) is 4.26. The van der Waals surface area contributed by atoms with Crippen LogP contribution in [0.4, 0.5) is 0 Å². The molecule has 1 N–H and O–H groups in total. The number of nitrogens with zero attached hydrogens (tertiary/aromatic N) is 1. The summed E-state index contributed by atoms with van der Waals surface area (Å²) in [6.07, 6.45) is 4.67. The average molecular weight is 312 g/mol. The highest BCUT2D eigenvalue weighted by atomic mass is 16.5. The van der Waals surface area contributed by atoms with Crippen LogP contribution in [0.15, 0.2) is 24.3 Å². The highest BCUT2D eigenvalue weighted by Gasteiger charge is 2.42. The van der Waals surface area contributed by atoms with Gasteiger partial charge in [-0.05, 0) is 63.0 Å². The van der Waals surface area contributed by atoms with Crippen molar-refractivity contribution in [2.45, 2.75) is 51.7 Å². The molecule has 2 bridgehead atoms. The maximum Gasteiger partial charge on any atom is 0.260 e. The molecule has 2 saturated carbocycles. The number of carbonyl (C=O) groups is 1. The third kappa shape index (κ3) is 3.34. The van der Waals surface area contributed by atoms with E-state index in [0.29, 0.717) is 17.2 Å². The minimum atomic E-state index is -0.606. The summed E-state index contributed by atoms with van der Waals surface area (Å²) in [4.78, 5) is 12.4. The van der Waals surface area contributed by atoms with Crippen LogP contribution in [0.2, 0.25) is 0 Å². The average Bonchev–Trinajstić information content (AvgIpc) is 3.18. The van der Waals surface area contributed by atoms with Gasteiger partial charge in [0, 0.05) is 6.04 Å². The zero-order chi connectivity index (χ0) is 16.4. The van der Waals surface area contributed by atoms with Gasteiger partial charge >= 0.3 is 0 Å². The fraction of sp³-hybridized carbons (Fsp3) is 0.579. The molecule has 0 saturated heterocycles. The molecule has 4 heteroatoms. The van der Waals surface area contributed by atoms with Crippen LogP contribution in [0.3, 0.4) is 0 Å². The summed E-state index contributed by atoms with van der Waals surface area (Å²) in [5, 5.41) is 12.2. The van der Waals surface area contributed by atoms with Crippen LogP contribution in [0, 0.1) is 29.1 Å². The second-order valence-electron chi connectivity index (χ2n) is 7.00. The molecule has 0 aromatic heterocycles. The molecular weight excluding hydrogens is 288 g/mol. The molecule has 0 heterocycles. The van der Waals surface area contributed by atoms with Gasteiger partial charge in [0.1, 0.15) is 11.8 Å². The third-order valence-electron chi connectivity index (χ3n) is 5.49. The summed E-state index contributed by atoms with van der Waals surface area (Å²) in [5.74, 6) is 2.63. The Labute approximate surface area is 137 Å². The van der Waals surface area contributed by atoms with Crippen LogP contribution in [0.25, 0.3) is 0 Å². The predicted molar refractivity (Wildman–Crippen MR) is 87.8 cm³/mol. The summed E-state index contributed by atoms with van der Waals surface area (Å²) in [5.41, 5.74) is 0.452. The van der Waals surface area contributed by atoms with Crippen LogP contribution < -0.4 is 10.1 Å². The molecule has 122 valence electrons. The van der Waals surface area contributed by atoms with Crippen molar-refractivity contribution >= 4 is 5.91 Å². The lowest BCUT2D eigenvalue weighted by Gasteiger charge is -2.29. The number of nitriles is 1. The van der Waals surface area contributed by atoms with E-state index in [1.165, 1.54) is 25.7 Å². The van der Waals surface area contributed by atoms with Gasteiger partial charge in [-0.25, -0.2) is 0 Å². The number of rotatable bonds is 5. The maximum atomic E-state index is 12.4. The monoisotopic (exact) mass is 312 g/mol. The Bertz CT molecular complexity index is 622. The van der Waals surface area contributed by atoms with Gasteiger partial charge < -0.3 is 10.1 Å². The van der Waals surface area contributed by atoms with Gasteiger partial charge in [-0.2, -0.15) is 5.26 Å².